The molecule has 0 N–H and O–H groups in total. The highest BCUT2D eigenvalue weighted by Crippen LogP contribution is 2.27. The van der Waals surface area contributed by atoms with Crippen LogP contribution in [0.3, 0.4) is 0 Å². The first-order chi connectivity index (χ1) is 10.1. The number of hydrogen-bond acceptors (Lipinski definition) is 0. The van der Waals surface area contributed by atoms with Crippen LogP contribution in [0.4, 0.5) is 0 Å². The summed E-state index contributed by atoms with van der Waals surface area (Å²) in [5.74, 6) is 0.683. The maximum absolute atomic E-state index is 5.88. The fourth-order valence-electron chi connectivity index (χ4n) is 1.65. The van der Waals surface area contributed by atoms with Crippen LogP contribution >= 0.6 is 22.9 Å². The zero-order valence-corrected chi connectivity index (χ0v) is 15.6. The lowest BCUT2D eigenvalue weighted by atomic mass is 9.80. The van der Waals surface area contributed by atoms with E-state index in [1.165, 1.54) is 0 Å². The molecule has 0 aliphatic heterocycles. The molecule has 2 unspecified atom stereocenters. The minimum atomic E-state index is -0.306. The summed E-state index contributed by atoms with van der Waals surface area (Å²) in [5, 5.41) is 0. The second-order valence-corrected chi connectivity index (χ2v) is 7.09. The summed E-state index contributed by atoms with van der Waals surface area (Å²) >= 11 is 11.8. The van der Waals surface area contributed by atoms with E-state index in [1.807, 2.05) is 31.2 Å². The molecule has 3 heteroatoms. The molecule has 22 heavy (non-hydrogen) atoms. The van der Waals surface area contributed by atoms with Gasteiger partial charge >= 0.3 is 5.54 Å². The molecular formula is C19H27BCl2. The smallest absolute Gasteiger partial charge is 0.171 e. The van der Waals surface area contributed by atoms with Gasteiger partial charge in [0.1, 0.15) is 0 Å². The van der Waals surface area contributed by atoms with Gasteiger partial charge in [0.05, 0.1) is 0 Å². The normalized spacial score (nSPS) is 14.0. The molecule has 0 radical (unpaired) electrons. The van der Waals surface area contributed by atoms with E-state index in [0.29, 0.717) is 11.7 Å². The second-order valence-electron chi connectivity index (χ2n) is 5.93. The molecule has 0 saturated heterocycles. The summed E-state index contributed by atoms with van der Waals surface area (Å²) in [6.45, 7) is 22.1. The van der Waals surface area contributed by atoms with Crippen LogP contribution in [0.15, 0.2) is 72.9 Å². The Bertz CT molecular complexity index is 484. The van der Waals surface area contributed by atoms with E-state index in [1.54, 1.807) is 0 Å². The number of hydrogen-bond donors (Lipinski definition) is 0. The Morgan fingerprint density at radius 2 is 1.41 bits per heavy atom. The molecule has 2 atom stereocenters. The monoisotopic (exact) mass is 336 g/mol. The largest absolute Gasteiger partial charge is 0.354 e. The van der Waals surface area contributed by atoms with Crippen molar-refractivity contribution in [1.29, 1.82) is 0 Å². The molecule has 0 rings (SSSR count). The lowest BCUT2D eigenvalue weighted by Crippen LogP contribution is -2.06. The molecule has 0 aromatic carbocycles. The van der Waals surface area contributed by atoms with Gasteiger partial charge in [0.15, 0.2) is 0 Å². The Morgan fingerprint density at radius 3 is 1.86 bits per heavy atom. The summed E-state index contributed by atoms with van der Waals surface area (Å²) in [7, 11) is 0. The van der Waals surface area contributed by atoms with Crippen LogP contribution in [0, 0.1) is 5.92 Å². The molecule has 120 valence electrons. The van der Waals surface area contributed by atoms with E-state index in [4.69, 9.17) is 22.9 Å². The van der Waals surface area contributed by atoms with Crippen LogP contribution < -0.4 is 0 Å². The summed E-state index contributed by atoms with van der Waals surface area (Å²) < 4.78 is 0. The fourth-order valence-corrected chi connectivity index (χ4v) is 1.91. The molecule has 0 bridgehead atoms. The van der Waals surface area contributed by atoms with E-state index < -0.39 is 0 Å². The van der Waals surface area contributed by atoms with E-state index in [-0.39, 0.29) is 5.54 Å². The minimum Gasteiger partial charge on any atom is -0.171 e. The molecule has 0 nitrogen and oxygen atoms in total. The molecule has 0 aliphatic rings. The quantitative estimate of drug-likeness (QED) is 0.294. The van der Waals surface area contributed by atoms with E-state index >= 15 is 0 Å². The van der Waals surface area contributed by atoms with Gasteiger partial charge in [-0.1, -0.05) is 82.0 Å². The van der Waals surface area contributed by atoms with Crippen molar-refractivity contribution in [3.05, 3.63) is 72.9 Å². The van der Waals surface area contributed by atoms with Crippen molar-refractivity contribution >= 4 is 28.5 Å². The first kappa shape index (κ1) is 21.1. The number of rotatable bonds is 10. The van der Waals surface area contributed by atoms with E-state index in [2.05, 4.69) is 40.2 Å². The Hall–Kier alpha value is -0.915. The van der Waals surface area contributed by atoms with Crippen molar-refractivity contribution in [3.8, 4) is 0 Å². The summed E-state index contributed by atoms with van der Waals surface area (Å²) in [5.41, 5.74) is 3.51. The van der Waals surface area contributed by atoms with Crippen molar-refractivity contribution < 1.29 is 0 Å². The molecule has 0 heterocycles. The van der Waals surface area contributed by atoms with Crippen LogP contribution in [0.1, 0.15) is 33.6 Å². The van der Waals surface area contributed by atoms with Crippen molar-refractivity contribution in [2.24, 2.45) is 5.92 Å². The van der Waals surface area contributed by atoms with Crippen LogP contribution in [0.5, 0.6) is 0 Å². The first-order valence-electron chi connectivity index (χ1n) is 7.52. The van der Waals surface area contributed by atoms with Crippen LogP contribution in [-0.4, -0.2) is 5.54 Å². The maximum atomic E-state index is 5.88. The average Bonchev–Trinajstić information content (AvgIpc) is 2.46. The van der Waals surface area contributed by atoms with E-state index in [0.717, 1.165) is 35.1 Å². The third kappa shape index (κ3) is 9.17. The van der Waals surface area contributed by atoms with Crippen molar-refractivity contribution in [2.75, 3.05) is 0 Å². The predicted molar refractivity (Wildman–Crippen MR) is 106 cm³/mol. The highest BCUT2D eigenvalue weighted by atomic mass is 35.5. The predicted octanol–water partition coefficient (Wildman–Crippen LogP) is 7.12. The molecule has 0 saturated carbocycles. The maximum Gasteiger partial charge on any atom is 0.354 e. The van der Waals surface area contributed by atoms with Gasteiger partial charge in [0.25, 0.3) is 0 Å². The Labute approximate surface area is 146 Å². The van der Waals surface area contributed by atoms with Gasteiger partial charge < -0.3 is 0 Å². The molecule has 0 fully saturated rings. The third-order valence-corrected chi connectivity index (χ3v) is 4.46. The zero-order valence-electron chi connectivity index (χ0n) is 14.0. The van der Waals surface area contributed by atoms with Gasteiger partial charge in [0, 0.05) is 0 Å². The van der Waals surface area contributed by atoms with Gasteiger partial charge in [-0.25, -0.2) is 0 Å². The first-order valence-corrected chi connectivity index (χ1v) is 8.39. The Balaban J connectivity index is 4.42. The van der Waals surface area contributed by atoms with Gasteiger partial charge in [-0.15, -0.1) is 0 Å². The van der Waals surface area contributed by atoms with Crippen molar-refractivity contribution in [1.82, 2.24) is 0 Å². The van der Waals surface area contributed by atoms with Gasteiger partial charge in [0.2, 0.25) is 0 Å². The topological polar surface area (TPSA) is 0 Å². The molecule has 0 aliphatic carbocycles. The molecule has 0 aromatic rings. The average molecular weight is 337 g/mol. The van der Waals surface area contributed by atoms with Crippen molar-refractivity contribution in [3.63, 3.8) is 0 Å². The van der Waals surface area contributed by atoms with Crippen molar-refractivity contribution in [2.45, 2.75) is 39.4 Å². The highest BCUT2D eigenvalue weighted by molar-refractivity contribution is 7.34. The number of allylic oxidation sites excluding steroid dienone is 8. The second kappa shape index (κ2) is 10.8. The standard InChI is InChI=1S/C19H27BCl2/c1-14(2)8-9-15(3)16(4)10-11-17(5)18(6)12-13-19(7)20(21)22/h8-11,18-19H,1,3-5,12-13H2,2,6-7H3/b9-8-,11-10-. The lowest BCUT2D eigenvalue weighted by molar-refractivity contribution is 0.581. The van der Waals surface area contributed by atoms with Crippen LogP contribution in [0.25, 0.3) is 0 Å². The van der Waals surface area contributed by atoms with Gasteiger partial charge in [-0.3, -0.25) is 0 Å². The fraction of sp³-hybridized carbons (Fsp3) is 0.368. The van der Waals surface area contributed by atoms with Crippen LogP contribution in [-0.2, 0) is 0 Å². The zero-order chi connectivity index (χ0) is 17.3. The number of halogens is 2. The van der Waals surface area contributed by atoms with Crippen LogP contribution in [0.2, 0.25) is 5.82 Å². The molecule has 0 spiro atoms. The molecule has 0 aromatic heterocycles. The Kier molecular flexibility index (Phi) is 10.3. The minimum absolute atomic E-state index is 0.296. The van der Waals surface area contributed by atoms with Gasteiger partial charge in [-0.05, 0) is 36.2 Å². The molecule has 0 amide bonds. The highest BCUT2D eigenvalue weighted by Gasteiger charge is 2.17. The summed E-state index contributed by atoms with van der Waals surface area (Å²) in [4.78, 5) is 0. The molecular weight excluding hydrogens is 310 g/mol. The third-order valence-electron chi connectivity index (χ3n) is 3.60. The van der Waals surface area contributed by atoms with Gasteiger partial charge in [-0.2, -0.15) is 22.9 Å². The summed E-state index contributed by atoms with van der Waals surface area (Å²) in [6, 6.07) is 0. The Morgan fingerprint density at radius 1 is 0.909 bits per heavy atom. The SMILES string of the molecule is C=C(C)/C=C\C(=C)C(=C)/C=C\C(=C)C(C)CCC(C)B(Cl)Cl. The lowest BCUT2D eigenvalue weighted by Gasteiger charge is -2.15. The summed E-state index contributed by atoms with van der Waals surface area (Å²) in [6.07, 6.45) is 9.82. The van der Waals surface area contributed by atoms with E-state index in [9.17, 15) is 0 Å².